The number of thiocarbonyl (C=S) groups is 1. The lowest BCUT2D eigenvalue weighted by molar-refractivity contribution is 0.465. The van der Waals surface area contributed by atoms with Crippen molar-refractivity contribution in [2.45, 2.75) is 52.4 Å². The fourth-order valence-corrected chi connectivity index (χ4v) is 2.78. The molecule has 0 saturated carbocycles. The van der Waals surface area contributed by atoms with Gasteiger partial charge in [-0.2, -0.15) is 0 Å². The number of rotatable bonds is 1. The zero-order valence-electron chi connectivity index (χ0n) is 12.9. The number of benzene rings is 1. The first-order chi connectivity index (χ1) is 8.48. The third-order valence-electron chi connectivity index (χ3n) is 3.13. The van der Waals surface area contributed by atoms with Crippen molar-refractivity contribution in [2.24, 2.45) is 0 Å². The smallest absolute Gasteiger partial charge is 0.116 e. The summed E-state index contributed by atoms with van der Waals surface area (Å²) in [5.41, 5.74) is 3.27. The highest BCUT2D eigenvalue weighted by Crippen LogP contribution is 2.38. The largest absolute Gasteiger partial charge is 0.508 e. The summed E-state index contributed by atoms with van der Waals surface area (Å²) in [5.74, 6) is 0.322. The van der Waals surface area contributed by atoms with E-state index in [2.05, 4.69) is 41.5 Å². The van der Waals surface area contributed by atoms with Crippen LogP contribution in [0.1, 0.15) is 58.2 Å². The van der Waals surface area contributed by atoms with E-state index in [0.717, 1.165) is 20.9 Å². The van der Waals surface area contributed by atoms with Gasteiger partial charge in [0.1, 0.15) is 5.75 Å². The minimum Gasteiger partial charge on any atom is -0.508 e. The SMILES string of the molecule is CSC(=S)c1c(C(C)(C)C)cc(O)cc1C(C)(C)C. The lowest BCUT2D eigenvalue weighted by Gasteiger charge is -2.30. The Morgan fingerprint density at radius 3 is 1.63 bits per heavy atom. The number of phenols is 1. The van der Waals surface area contributed by atoms with Gasteiger partial charge >= 0.3 is 0 Å². The molecule has 0 fully saturated rings. The topological polar surface area (TPSA) is 20.2 Å². The first kappa shape index (κ1) is 16.5. The number of phenolic OH excluding ortho intramolecular Hbond substituents is 1. The molecule has 0 heterocycles. The normalized spacial score (nSPS) is 12.6. The average Bonchev–Trinajstić information content (AvgIpc) is 2.24. The molecule has 106 valence electrons. The van der Waals surface area contributed by atoms with Crippen molar-refractivity contribution in [1.29, 1.82) is 0 Å². The molecule has 1 aromatic carbocycles. The van der Waals surface area contributed by atoms with Crippen LogP contribution in [0, 0.1) is 0 Å². The van der Waals surface area contributed by atoms with Crippen LogP contribution < -0.4 is 0 Å². The molecule has 0 spiro atoms. The number of thioether (sulfide) groups is 1. The molecule has 0 saturated heterocycles. The van der Waals surface area contributed by atoms with Crippen LogP contribution in [-0.2, 0) is 10.8 Å². The Hall–Kier alpha value is -0.540. The monoisotopic (exact) mass is 296 g/mol. The van der Waals surface area contributed by atoms with Crippen LogP contribution in [0.25, 0.3) is 0 Å². The van der Waals surface area contributed by atoms with E-state index in [-0.39, 0.29) is 10.8 Å². The van der Waals surface area contributed by atoms with Crippen molar-refractivity contribution in [3.05, 3.63) is 28.8 Å². The van der Waals surface area contributed by atoms with Crippen molar-refractivity contribution in [2.75, 3.05) is 6.26 Å². The molecule has 0 aliphatic carbocycles. The summed E-state index contributed by atoms with van der Waals surface area (Å²) in [6.07, 6.45) is 2.01. The number of hydrogen-bond acceptors (Lipinski definition) is 3. The minimum atomic E-state index is -0.0478. The first-order valence-corrected chi connectivity index (χ1v) is 8.08. The molecule has 0 radical (unpaired) electrons. The third-order valence-corrected chi connectivity index (χ3v) is 4.41. The second kappa shape index (κ2) is 5.45. The molecular weight excluding hydrogens is 272 g/mol. The van der Waals surface area contributed by atoms with Crippen molar-refractivity contribution >= 4 is 28.2 Å². The van der Waals surface area contributed by atoms with E-state index < -0.39 is 0 Å². The van der Waals surface area contributed by atoms with Gasteiger partial charge in [0, 0.05) is 5.56 Å². The van der Waals surface area contributed by atoms with E-state index >= 15 is 0 Å². The molecule has 19 heavy (non-hydrogen) atoms. The molecule has 0 atom stereocenters. The molecule has 0 amide bonds. The van der Waals surface area contributed by atoms with Crippen LogP contribution in [0.5, 0.6) is 5.75 Å². The number of aromatic hydroxyl groups is 1. The molecule has 0 aromatic heterocycles. The molecule has 3 heteroatoms. The standard InChI is InChI=1S/C16H24OS2/c1-15(2,3)11-8-10(17)9-12(16(4,5)6)13(11)14(18)19-7/h8-9,17H,1-7H3. The van der Waals surface area contributed by atoms with Crippen LogP contribution in [0.3, 0.4) is 0 Å². The van der Waals surface area contributed by atoms with Crippen molar-refractivity contribution in [3.8, 4) is 5.75 Å². The maximum absolute atomic E-state index is 10.0. The van der Waals surface area contributed by atoms with E-state index in [0.29, 0.717) is 5.75 Å². The Bertz CT molecular complexity index is 455. The van der Waals surface area contributed by atoms with Crippen LogP contribution in [-0.4, -0.2) is 15.6 Å². The summed E-state index contributed by atoms with van der Waals surface area (Å²) in [6.45, 7) is 12.9. The highest BCUT2D eigenvalue weighted by molar-refractivity contribution is 8.23. The maximum Gasteiger partial charge on any atom is 0.116 e. The van der Waals surface area contributed by atoms with Crippen LogP contribution in [0.2, 0.25) is 0 Å². The Morgan fingerprint density at radius 1 is 1.00 bits per heavy atom. The van der Waals surface area contributed by atoms with E-state index in [1.807, 2.05) is 18.4 Å². The van der Waals surface area contributed by atoms with Gasteiger partial charge in [-0.3, -0.25) is 0 Å². The van der Waals surface area contributed by atoms with Gasteiger partial charge in [-0.15, -0.1) is 11.8 Å². The van der Waals surface area contributed by atoms with Crippen molar-refractivity contribution in [1.82, 2.24) is 0 Å². The molecular formula is C16H24OS2. The quantitative estimate of drug-likeness (QED) is 0.734. The van der Waals surface area contributed by atoms with Gasteiger partial charge in [-0.25, -0.2) is 0 Å². The van der Waals surface area contributed by atoms with E-state index in [1.54, 1.807) is 11.8 Å². The minimum absolute atomic E-state index is 0.0478. The highest BCUT2D eigenvalue weighted by Gasteiger charge is 2.28. The average molecular weight is 297 g/mol. The second-order valence-electron chi connectivity index (χ2n) is 6.91. The molecule has 0 aliphatic heterocycles. The van der Waals surface area contributed by atoms with E-state index in [4.69, 9.17) is 12.2 Å². The van der Waals surface area contributed by atoms with E-state index in [9.17, 15) is 5.11 Å². The summed E-state index contributed by atoms with van der Waals surface area (Å²) < 4.78 is 0.898. The van der Waals surface area contributed by atoms with Crippen LogP contribution in [0.15, 0.2) is 12.1 Å². The molecule has 1 N–H and O–H groups in total. The predicted octanol–water partition coefficient (Wildman–Crippen LogP) is 5.03. The molecule has 0 bridgehead atoms. The summed E-state index contributed by atoms with van der Waals surface area (Å²) in [7, 11) is 0. The summed E-state index contributed by atoms with van der Waals surface area (Å²) in [5, 5.41) is 10.0. The fraction of sp³-hybridized carbons (Fsp3) is 0.562. The zero-order valence-corrected chi connectivity index (χ0v) is 14.6. The van der Waals surface area contributed by atoms with Gasteiger partial charge in [0.15, 0.2) is 0 Å². The zero-order chi connectivity index (χ0) is 15.0. The third kappa shape index (κ3) is 3.73. The lowest BCUT2D eigenvalue weighted by atomic mass is 9.76. The van der Waals surface area contributed by atoms with Gasteiger partial charge in [0.05, 0.1) is 4.20 Å². The summed E-state index contributed by atoms with van der Waals surface area (Å²) in [4.78, 5) is 0. The molecule has 1 nitrogen and oxygen atoms in total. The number of hydrogen-bond donors (Lipinski definition) is 1. The fourth-order valence-electron chi connectivity index (χ4n) is 2.13. The van der Waals surface area contributed by atoms with Crippen molar-refractivity contribution < 1.29 is 5.11 Å². The van der Waals surface area contributed by atoms with Crippen LogP contribution >= 0.6 is 24.0 Å². The van der Waals surface area contributed by atoms with Gasteiger partial charge in [-0.1, -0.05) is 53.8 Å². The molecule has 0 aliphatic rings. The Kier molecular flexibility index (Phi) is 4.74. The highest BCUT2D eigenvalue weighted by atomic mass is 32.2. The van der Waals surface area contributed by atoms with Gasteiger partial charge < -0.3 is 5.11 Å². The van der Waals surface area contributed by atoms with Gasteiger partial charge in [0.2, 0.25) is 0 Å². The van der Waals surface area contributed by atoms with Crippen molar-refractivity contribution in [3.63, 3.8) is 0 Å². The summed E-state index contributed by atoms with van der Waals surface area (Å²) >= 11 is 7.15. The van der Waals surface area contributed by atoms with E-state index in [1.165, 1.54) is 0 Å². The Balaban J connectivity index is 3.74. The second-order valence-corrected chi connectivity index (χ2v) is 8.39. The predicted molar refractivity (Wildman–Crippen MR) is 90.7 cm³/mol. The molecule has 1 rings (SSSR count). The maximum atomic E-state index is 10.0. The van der Waals surface area contributed by atoms with Gasteiger partial charge in [0.25, 0.3) is 0 Å². The summed E-state index contributed by atoms with van der Waals surface area (Å²) in [6, 6.07) is 3.71. The Morgan fingerprint density at radius 2 is 1.37 bits per heavy atom. The molecule has 1 aromatic rings. The Labute approximate surface area is 126 Å². The first-order valence-electron chi connectivity index (χ1n) is 6.44. The molecule has 0 unspecified atom stereocenters. The van der Waals surface area contributed by atoms with Crippen LogP contribution in [0.4, 0.5) is 0 Å². The van der Waals surface area contributed by atoms with Gasteiger partial charge in [-0.05, 0) is 40.3 Å². The lowest BCUT2D eigenvalue weighted by Crippen LogP contribution is -2.22.